The van der Waals surface area contributed by atoms with Gasteiger partial charge in [0.2, 0.25) is 5.91 Å². The molecule has 3 N–H and O–H groups in total. The first-order chi connectivity index (χ1) is 9.32. The van der Waals surface area contributed by atoms with Crippen LogP contribution in [-0.4, -0.2) is 58.5 Å². The lowest BCUT2D eigenvalue weighted by Gasteiger charge is -2.15. The summed E-state index contributed by atoms with van der Waals surface area (Å²) in [5.74, 6) is -4.20. The second-order valence-corrected chi connectivity index (χ2v) is 4.47. The van der Waals surface area contributed by atoms with E-state index in [4.69, 9.17) is 10.2 Å². The lowest BCUT2D eigenvalue weighted by molar-refractivity contribution is -0.148. The lowest BCUT2D eigenvalue weighted by Crippen LogP contribution is -2.38. The summed E-state index contributed by atoms with van der Waals surface area (Å²) >= 11 is 0. The van der Waals surface area contributed by atoms with Gasteiger partial charge in [0.15, 0.2) is 0 Å². The van der Waals surface area contributed by atoms with E-state index < -0.39 is 30.2 Å². The molecule has 0 bridgehead atoms. The first-order valence-corrected chi connectivity index (χ1v) is 6.00. The van der Waals surface area contributed by atoms with E-state index in [1.165, 1.54) is 0 Å². The molecule has 1 aliphatic rings. The first-order valence-electron chi connectivity index (χ1n) is 6.00. The van der Waals surface area contributed by atoms with Crippen LogP contribution in [-0.2, 0) is 19.2 Å². The molecule has 20 heavy (non-hydrogen) atoms. The first kappa shape index (κ1) is 15.8. The summed E-state index contributed by atoms with van der Waals surface area (Å²) in [5.41, 5.74) is 0.240. The Kier molecular flexibility index (Phi) is 5.39. The highest BCUT2D eigenvalue weighted by Gasteiger charge is 2.31. The molecular weight excluding hydrogens is 268 g/mol. The SMILES string of the molecule is C=C1CC(=O)N(CCNCC(CC(=O)O)C(=O)O)C1=O. The maximum atomic E-state index is 11.5. The van der Waals surface area contributed by atoms with Crippen molar-refractivity contribution in [1.82, 2.24) is 10.2 Å². The highest BCUT2D eigenvalue weighted by Crippen LogP contribution is 2.15. The van der Waals surface area contributed by atoms with Crippen molar-refractivity contribution in [2.45, 2.75) is 12.8 Å². The largest absolute Gasteiger partial charge is 0.481 e. The monoisotopic (exact) mass is 284 g/mol. The second kappa shape index (κ2) is 6.80. The third kappa shape index (κ3) is 4.16. The van der Waals surface area contributed by atoms with Crippen molar-refractivity contribution in [3.63, 3.8) is 0 Å². The molecule has 0 aromatic heterocycles. The second-order valence-electron chi connectivity index (χ2n) is 4.47. The summed E-state index contributed by atoms with van der Waals surface area (Å²) < 4.78 is 0. The summed E-state index contributed by atoms with van der Waals surface area (Å²) in [7, 11) is 0. The summed E-state index contributed by atoms with van der Waals surface area (Å²) in [6.45, 7) is 3.74. The van der Waals surface area contributed by atoms with E-state index in [9.17, 15) is 19.2 Å². The number of nitrogens with one attached hydrogen (secondary N) is 1. The molecule has 1 atom stereocenters. The molecule has 0 aromatic carbocycles. The van der Waals surface area contributed by atoms with Gasteiger partial charge in [-0.25, -0.2) is 0 Å². The number of hydrogen-bond donors (Lipinski definition) is 3. The van der Waals surface area contributed by atoms with E-state index in [2.05, 4.69) is 11.9 Å². The van der Waals surface area contributed by atoms with Gasteiger partial charge in [0, 0.05) is 25.2 Å². The number of hydrogen-bond acceptors (Lipinski definition) is 5. The van der Waals surface area contributed by atoms with Gasteiger partial charge in [-0.2, -0.15) is 0 Å². The Balaban J connectivity index is 2.35. The molecule has 1 rings (SSSR count). The normalized spacial score (nSPS) is 16.6. The van der Waals surface area contributed by atoms with Gasteiger partial charge in [-0.1, -0.05) is 6.58 Å². The Morgan fingerprint density at radius 1 is 1.35 bits per heavy atom. The van der Waals surface area contributed by atoms with Crippen LogP contribution < -0.4 is 5.32 Å². The minimum atomic E-state index is -1.21. The van der Waals surface area contributed by atoms with Gasteiger partial charge in [0.05, 0.1) is 18.8 Å². The number of imide groups is 1. The Labute approximate surface area is 115 Å². The van der Waals surface area contributed by atoms with Crippen LogP contribution in [0.5, 0.6) is 0 Å². The van der Waals surface area contributed by atoms with E-state index in [1.54, 1.807) is 0 Å². The van der Waals surface area contributed by atoms with Crippen LogP contribution in [0, 0.1) is 5.92 Å². The molecule has 1 unspecified atom stereocenters. The maximum Gasteiger partial charge on any atom is 0.308 e. The molecule has 8 nitrogen and oxygen atoms in total. The zero-order chi connectivity index (χ0) is 15.3. The Hall–Kier alpha value is -2.22. The number of rotatable bonds is 8. The van der Waals surface area contributed by atoms with Crippen LogP contribution in [0.3, 0.4) is 0 Å². The molecule has 1 saturated heterocycles. The fourth-order valence-corrected chi connectivity index (χ4v) is 1.81. The molecule has 8 heteroatoms. The minimum Gasteiger partial charge on any atom is -0.481 e. The average Bonchev–Trinajstić information content (AvgIpc) is 2.58. The molecular formula is C12H16N2O6. The third-order valence-corrected chi connectivity index (χ3v) is 2.89. The third-order valence-electron chi connectivity index (χ3n) is 2.89. The van der Waals surface area contributed by atoms with E-state index in [0.29, 0.717) is 0 Å². The van der Waals surface area contributed by atoms with Crippen molar-refractivity contribution < 1.29 is 29.4 Å². The van der Waals surface area contributed by atoms with Gasteiger partial charge in [-0.3, -0.25) is 24.1 Å². The number of amides is 2. The summed E-state index contributed by atoms with van der Waals surface area (Å²) in [4.78, 5) is 45.2. The van der Waals surface area contributed by atoms with Crippen molar-refractivity contribution in [2.75, 3.05) is 19.6 Å². The van der Waals surface area contributed by atoms with Crippen LogP contribution in [0.15, 0.2) is 12.2 Å². The number of likely N-dealkylation sites (tertiary alicyclic amines) is 1. The molecule has 0 spiro atoms. The number of aliphatic carboxylic acids is 2. The van der Waals surface area contributed by atoms with E-state index >= 15 is 0 Å². The highest BCUT2D eigenvalue weighted by molar-refractivity contribution is 6.12. The standard InChI is InChI=1S/C12H16N2O6/c1-7-4-9(15)14(11(7)18)3-2-13-6-8(12(19)20)5-10(16)17/h8,13H,1-6H2,(H,16,17)(H,19,20). The molecule has 0 aliphatic carbocycles. The number of nitrogens with zero attached hydrogens (tertiary/aromatic N) is 1. The zero-order valence-electron chi connectivity index (χ0n) is 10.8. The van der Waals surface area contributed by atoms with Crippen molar-refractivity contribution in [1.29, 1.82) is 0 Å². The zero-order valence-corrected chi connectivity index (χ0v) is 10.8. The van der Waals surface area contributed by atoms with Gasteiger partial charge >= 0.3 is 11.9 Å². The molecule has 1 aliphatic heterocycles. The van der Waals surface area contributed by atoms with E-state index in [0.717, 1.165) is 4.90 Å². The van der Waals surface area contributed by atoms with Gasteiger partial charge in [0.1, 0.15) is 0 Å². The predicted octanol–water partition coefficient (Wildman–Crippen LogP) is -0.933. The van der Waals surface area contributed by atoms with Gasteiger partial charge in [-0.15, -0.1) is 0 Å². The lowest BCUT2D eigenvalue weighted by atomic mass is 10.1. The molecule has 0 saturated carbocycles. The smallest absolute Gasteiger partial charge is 0.308 e. The molecule has 2 amide bonds. The Bertz CT molecular complexity index is 459. The predicted molar refractivity (Wildman–Crippen MR) is 66.7 cm³/mol. The molecule has 0 aromatic rings. The van der Waals surface area contributed by atoms with Crippen molar-refractivity contribution in [3.05, 3.63) is 12.2 Å². The molecule has 1 fully saturated rings. The van der Waals surface area contributed by atoms with Crippen LogP contribution in [0.4, 0.5) is 0 Å². The number of carbonyl (C=O) groups excluding carboxylic acids is 2. The van der Waals surface area contributed by atoms with Crippen LogP contribution in [0.25, 0.3) is 0 Å². The average molecular weight is 284 g/mol. The summed E-state index contributed by atoms with van der Waals surface area (Å²) in [6.07, 6.45) is -0.476. The van der Waals surface area contributed by atoms with Crippen molar-refractivity contribution in [2.24, 2.45) is 5.92 Å². The molecule has 0 radical (unpaired) electrons. The van der Waals surface area contributed by atoms with Crippen LogP contribution >= 0.6 is 0 Å². The quantitative estimate of drug-likeness (QED) is 0.299. The van der Waals surface area contributed by atoms with E-state index in [-0.39, 0.29) is 37.5 Å². The molecule has 110 valence electrons. The number of carboxylic acids is 2. The Morgan fingerprint density at radius 3 is 2.45 bits per heavy atom. The van der Waals surface area contributed by atoms with Gasteiger partial charge in [-0.05, 0) is 0 Å². The van der Waals surface area contributed by atoms with E-state index in [1.807, 2.05) is 0 Å². The van der Waals surface area contributed by atoms with Crippen molar-refractivity contribution in [3.8, 4) is 0 Å². The number of carbonyl (C=O) groups is 4. The summed E-state index contributed by atoms with van der Waals surface area (Å²) in [5, 5.41) is 20.1. The van der Waals surface area contributed by atoms with Gasteiger partial charge in [0.25, 0.3) is 5.91 Å². The van der Waals surface area contributed by atoms with Crippen LogP contribution in [0.1, 0.15) is 12.8 Å². The van der Waals surface area contributed by atoms with Gasteiger partial charge < -0.3 is 15.5 Å². The Morgan fingerprint density at radius 2 is 2.00 bits per heavy atom. The fraction of sp³-hybridized carbons (Fsp3) is 0.500. The maximum absolute atomic E-state index is 11.5. The summed E-state index contributed by atoms with van der Waals surface area (Å²) in [6, 6.07) is 0. The topological polar surface area (TPSA) is 124 Å². The molecule has 1 heterocycles. The number of carboxylic acid groups (broad SMARTS) is 2. The van der Waals surface area contributed by atoms with Crippen molar-refractivity contribution >= 4 is 23.8 Å². The van der Waals surface area contributed by atoms with Crippen LogP contribution in [0.2, 0.25) is 0 Å². The minimum absolute atomic E-state index is 0.00952. The highest BCUT2D eigenvalue weighted by atomic mass is 16.4. The fourth-order valence-electron chi connectivity index (χ4n) is 1.81.